The molecule has 19 heavy (non-hydrogen) atoms. The molecule has 1 fully saturated rings. The molecule has 1 aromatic heterocycles. The van der Waals surface area contributed by atoms with Crippen molar-refractivity contribution in [2.45, 2.75) is 39.5 Å². The molecule has 1 aliphatic heterocycles. The van der Waals surface area contributed by atoms with Crippen LogP contribution in [-0.4, -0.2) is 29.8 Å². The second kappa shape index (κ2) is 6.85. The first-order valence-electron chi connectivity index (χ1n) is 7.46. The fourth-order valence-corrected chi connectivity index (χ4v) is 2.79. The van der Waals surface area contributed by atoms with Crippen molar-refractivity contribution < 1.29 is 0 Å². The van der Waals surface area contributed by atoms with Crippen molar-refractivity contribution in [1.82, 2.24) is 10.2 Å². The van der Waals surface area contributed by atoms with E-state index >= 15 is 0 Å². The summed E-state index contributed by atoms with van der Waals surface area (Å²) in [6.07, 6.45) is 4.66. The zero-order valence-electron chi connectivity index (χ0n) is 12.2. The number of piperidine rings is 1. The lowest BCUT2D eigenvalue weighted by Crippen LogP contribution is -2.36. The van der Waals surface area contributed by atoms with Crippen molar-refractivity contribution in [3.8, 4) is 0 Å². The Labute approximate surface area is 116 Å². The van der Waals surface area contributed by atoms with Gasteiger partial charge in [0.05, 0.1) is 5.69 Å². The van der Waals surface area contributed by atoms with Crippen LogP contribution in [0.25, 0.3) is 0 Å². The highest BCUT2D eigenvalue weighted by molar-refractivity contribution is 5.37. The Morgan fingerprint density at radius 2 is 2.21 bits per heavy atom. The van der Waals surface area contributed by atoms with E-state index in [0.29, 0.717) is 5.92 Å². The maximum atomic E-state index is 5.66. The summed E-state index contributed by atoms with van der Waals surface area (Å²) in [6, 6.07) is 4.24. The van der Waals surface area contributed by atoms with Gasteiger partial charge in [0.25, 0.3) is 0 Å². The highest BCUT2D eigenvalue weighted by Crippen LogP contribution is 2.23. The average molecular weight is 262 g/mol. The standard InChI is InChI=1S/C15H26N4/c1-12(2)10-14-5-6-15(18-17-14)19-9-3-4-13(11-19)7-8-16/h5-6,12-13H,3-4,7-11,16H2,1-2H3. The van der Waals surface area contributed by atoms with Gasteiger partial charge in [-0.15, -0.1) is 5.10 Å². The van der Waals surface area contributed by atoms with Gasteiger partial charge >= 0.3 is 0 Å². The van der Waals surface area contributed by atoms with Gasteiger partial charge in [-0.1, -0.05) is 13.8 Å². The SMILES string of the molecule is CC(C)Cc1ccc(N2CCCC(CCN)C2)nn1. The fourth-order valence-electron chi connectivity index (χ4n) is 2.79. The largest absolute Gasteiger partial charge is 0.355 e. The number of rotatable bonds is 5. The fraction of sp³-hybridized carbons (Fsp3) is 0.733. The second-order valence-corrected chi connectivity index (χ2v) is 6.01. The highest BCUT2D eigenvalue weighted by Gasteiger charge is 2.20. The van der Waals surface area contributed by atoms with Crippen molar-refractivity contribution in [3.63, 3.8) is 0 Å². The summed E-state index contributed by atoms with van der Waals surface area (Å²) in [5, 5.41) is 8.74. The summed E-state index contributed by atoms with van der Waals surface area (Å²) < 4.78 is 0. The minimum absolute atomic E-state index is 0.629. The van der Waals surface area contributed by atoms with Crippen LogP contribution < -0.4 is 10.6 Å². The van der Waals surface area contributed by atoms with E-state index in [-0.39, 0.29) is 0 Å². The van der Waals surface area contributed by atoms with Crippen LogP contribution in [0.1, 0.15) is 38.8 Å². The third-order valence-corrected chi connectivity index (χ3v) is 3.74. The Hall–Kier alpha value is -1.16. The van der Waals surface area contributed by atoms with Crippen LogP contribution in [0.4, 0.5) is 5.82 Å². The second-order valence-electron chi connectivity index (χ2n) is 6.01. The van der Waals surface area contributed by atoms with Gasteiger partial charge in [0.1, 0.15) is 0 Å². The van der Waals surface area contributed by atoms with Crippen molar-refractivity contribution in [1.29, 1.82) is 0 Å². The number of hydrogen-bond acceptors (Lipinski definition) is 4. The summed E-state index contributed by atoms with van der Waals surface area (Å²) in [4.78, 5) is 2.36. The molecule has 4 nitrogen and oxygen atoms in total. The molecule has 2 rings (SSSR count). The molecular formula is C15H26N4. The van der Waals surface area contributed by atoms with E-state index in [1.165, 1.54) is 12.8 Å². The van der Waals surface area contributed by atoms with Crippen LogP contribution in [0.2, 0.25) is 0 Å². The van der Waals surface area contributed by atoms with Gasteiger partial charge in [0.15, 0.2) is 5.82 Å². The molecule has 1 saturated heterocycles. The molecule has 106 valence electrons. The lowest BCUT2D eigenvalue weighted by molar-refractivity contribution is 0.394. The molecule has 0 aliphatic carbocycles. The van der Waals surface area contributed by atoms with Crippen molar-refractivity contribution >= 4 is 5.82 Å². The number of nitrogens with zero attached hydrogens (tertiary/aromatic N) is 3. The lowest BCUT2D eigenvalue weighted by Gasteiger charge is -2.33. The molecule has 2 heterocycles. The van der Waals surface area contributed by atoms with E-state index in [1.807, 2.05) is 0 Å². The number of anilines is 1. The molecule has 0 spiro atoms. The van der Waals surface area contributed by atoms with Crippen LogP contribution in [0, 0.1) is 11.8 Å². The van der Waals surface area contributed by atoms with E-state index in [0.717, 1.165) is 49.9 Å². The third kappa shape index (κ3) is 4.16. The summed E-state index contributed by atoms with van der Waals surface area (Å²) in [6.45, 7) is 7.38. The van der Waals surface area contributed by atoms with Gasteiger partial charge < -0.3 is 10.6 Å². The first-order chi connectivity index (χ1) is 9.19. The van der Waals surface area contributed by atoms with E-state index in [1.54, 1.807) is 0 Å². The van der Waals surface area contributed by atoms with Gasteiger partial charge in [0.2, 0.25) is 0 Å². The normalized spacial score (nSPS) is 20.0. The predicted octanol–water partition coefficient (Wildman–Crippen LogP) is 2.24. The molecular weight excluding hydrogens is 236 g/mol. The topological polar surface area (TPSA) is 55.0 Å². The molecule has 4 heteroatoms. The Kier molecular flexibility index (Phi) is 5.14. The highest BCUT2D eigenvalue weighted by atomic mass is 15.3. The van der Waals surface area contributed by atoms with Crippen molar-refractivity contribution in [3.05, 3.63) is 17.8 Å². The maximum Gasteiger partial charge on any atom is 0.151 e. The molecule has 0 saturated carbocycles. The van der Waals surface area contributed by atoms with E-state index in [2.05, 4.69) is 41.1 Å². The monoisotopic (exact) mass is 262 g/mol. The Morgan fingerprint density at radius 1 is 1.37 bits per heavy atom. The first-order valence-corrected chi connectivity index (χ1v) is 7.46. The van der Waals surface area contributed by atoms with Crippen LogP contribution in [0.3, 0.4) is 0 Å². The first kappa shape index (κ1) is 14.3. The van der Waals surface area contributed by atoms with Gasteiger partial charge in [-0.25, -0.2) is 0 Å². The third-order valence-electron chi connectivity index (χ3n) is 3.74. The van der Waals surface area contributed by atoms with Crippen molar-refractivity contribution in [2.75, 3.05) is 24.5 Å². The van der Waals surface area contributed by atoms with Crippen LogP contribution in [-0.2, 0) is 6.42 Å². The summed E-state index contributed by atoms with van der Waals surface area (Å²) in [5.41, 5.74) is 6.76. The van der Waals surface area contributed by atoms with E-state index in [4.69, 9.17) is 5.73 Å². The smallest absolute Gasteiger partial charge is 0.151 e. The van der Waals surface area contributed by atoms with Crippen LogP contribution in [0.5, 0.6) is 0 Å². The van der Waals surface area contributed by atoms with Gasteiger partial charge in [-0.3, -0.25) is 0 Å². The molecule has 2 N–H and O–H groups in total. The molecule has 0 radical (unpaired) electrons. The quantitative estimate of drug-likeness (QED) is 0.884. The molecule has 0 aromatic carbocycles. The van der Waals surface area contributed by atoms with Crippen molar-refractivity contribution in [2.24, 2.45) is 17.6 Å². The summed E-state index contributed by atoms with van der Waals surface area (Å²) >= 11 is 0. The van der Waals surface area contributed by atoms with Gasteiger partial charge in [-0.2, -0.15) is 5.10 Å². The van der Waals surface area contributed by atoms with Gasteiger partial charge in [-0.05, 0) is 56.2 Å². The minimum atomic E-state index is 0.629. The number of nitrogens with two attached hydrogens (primary N) is 1. The predicted molar refractivity (Wildman–Crippen MR) is 79.2 cm³/mol. The Balaban J connectivity index is 1.97. The number of aromatic nitrogens is 2. The molecule has 1 aromatic rings. The summed E-state index contributed by atoms with van der Waals surface area (Å²) in [7, 11) is 0. The lowest BCUT2D eigenvalue weighted by atomic mass is 9.95. The van der Waals surface area contributed by atoms with Crippen LogP contribution >= 0.6 is 0 Å². The molecule has 0 amide bonds. The summed E-state index contributed by atoms with van der Waals surface area (Å²) in [5.74, 6) is 2.37. The Bertz CT molecular complexity index is 372. The Morgan fingerprint density at radius 3 is 2.84 bits per heavy atom. The van der Waals surface area contributed by atoms with Gasteiger partial charge in [0, 0.05) is 13.1 Å². The molecule has 1 unspecified atom stereocenters. The van der Waals surface area contributed by atoms with E-state index in [9.17, 15) is 0 Å². The molecule has 1 atom stereocenters. The zero-order chi connectivity index (χ0) is 13.7. The van der Waals surface area contributed by atoms with Crippen LogP contribution in [0.15, 0.2) is 12.1 Å². The maximum absolute atomic E-state index is 5.66. The minimum Gasteiger partial charge on any atom is -0.355 e. The molecule has 0 bridgehead atoms. The average Bonchev–Trinajstić information content (AvgIpc) is 2.40. The van der Waals surface area contributed by atoms with E-state index < -0.39 is 0 Å². The zero-order valence-corrected chi connectivity index (χ0v) is 12.2. The number of hydrogen-bond donors (Lipinski definition) is 1. The molecule has 1 aliphatic rings.